The maximum Gasteiger partial charge on any atom is 0.321 e. The molecule has 152 valence electrons. The summed E-state index contributed by atoms with van der Waals surface area (Å²) in [6.45, 7) is 6.45. The minimum absolute atomic E-state index is 0.254. The van der Waals surface area contributed by atoms with E-state index in [0.717, 1.165) is 62.6 Å². The number of carbonyl (C=O) groups excluding carboxylic acids is 3. The zero-order valence-corrected chi connectivity index (χ0v) is 16.3. The van der Waals surface area contributed by atoms with Crippen LogP contribution < -0.4 is 20.4 Å². The molecule has 2 aliphatic heterocycles. The van der Waals surface area contributed by atoms with Gasteiger partial charge >= 0.3 is 6.03 Å². The van der Waals surface area contributed by atoms with Crippen molar-refractivity contribution in [2.75, 3.05) is 52.4 Å². The number of nitrogens with zero attached hydrogens (tertiary/aromatic N) is 1. The molecule has 0 bridgehead atoms. The van der Waals surface area contributed by atoms with Crippen molar-refractivity contribution in [2.45, 2.75) is 19.4 Å². The number of imide groups is 1. The van der Waals surface area contributed by atoms with Crippen molar-refractivity contribution in [1.82, 2.24) is 15.5 Å². The molecule has 0 saturated carbocycles. The Morgan fingerprint density at radius 3 is 2.14 bits per heavy atom. The van der Waals surface area contributed by atoms with E-state index in [1.165, 1.54) is 4.90 Å². The maximum atomic E-state index is 12.2. The molecule has 2 heterocycles. The van der Waals surface area contributed by atoms with Crippen LogP contribution in [-0.2, 0) is 16.1 Å². The molecule has 4 amide bonds. The van der Waals surface area contributed by atoms with E-state index in [1.54, 1.807) is 0 Å². The molecule has 0 aromatic heterocycles. The van der Waals surface area contributed by atoms with E-state index in [1.807, 2.05) is 35.2 Å². The molecule has 28 heavy (non-hydrogen) atoms. The van der Waals surface area contributed by atoms with Crippen LogP contribution in [0.1, 0.15) is 18.4 Å². The van der Waals surface area contributed by atoms with Crippen molar-refractivity contribution < 1.29 is 24.2 Å². The fourth-order valence-corrected chi connectivity index (χ4v) is 3.82. The smallest absolute Gasteiger partial charge is 0.321 e. The number of benzene rings is 1. The first-order chi connectivity index (χ1) is 13.6. The number of urea groups is 1. The minimum Gasteiger partial charge on any atom is -0.338 e. The number of quaternary nitrogens is 2. The van der Waals surface area contributed by atoms with Crippen LogP contribution in [-0.4, -0.2) is 75.1 Å². The molecule has 1 aromatic carbocycles. The van der Waals surface area contributed by atoms with E-state index in [0.29, 0.717) is 13.1 Å². The molecule has 0 radical (unpaired) electrons. The number of likely N-dealkylation sites (tertiary alicyclic amines) is 1. The summed E-state index contributed by atoms with van der Waals surface area (Å²) < 4.78 is 0. The van der Waals surface area contributed by atoms with Gasteiger partial charge in [0, 0.05) is 19.6 Å². The minimum atomic E-state index is -0.464. The largest absolute Gasteiger partial charge is 0.338 e. The second-order valence-corrected chi connectivity index (χ2v) is 7.66. The molecule has 2 aliphatic rings. The molecule has 8 nitrogen and oxygen atoms in total. The highest BCUT2D eigenvalue weighted by Gasteiger charge is 2.28. The highest BCUT2D eigenvalue weighted by Crippen LogP contribution is 2.06. The number of hydrogen-bond acceptors (Lipinski definition) is 3. The topological polar surface area (TPSA) is 87.4 Å². The molecular weight excluding hydrogens is 358 g/mol. The molecular formula is C20H31N5O3+2. The van der Waals surface area contributed by atoms with Crippen LogP contribution in [0.5, 0.6) is 0 Å². The summed E-state index contributed by atoms with van der Waals surface area (Å²) in [5, 5.41) is 5.10. The highest BCUT2D eigenvalue weighted by molar-refractivity contribution is 5.94. The zero-order chi connectivity index (χ0) is 19.8. The van der Waals surface area contributed by atoms with Crippen molar-refractivity contribution in [3.05, 3.63) is 35.9 Å². The number of piperazine rings is 1. The summed E-state index contributed by atoms with van der Waals surface area (Å²) in [6, 6.07) is 9.10. The lowest BCUT2D eigenvalue weighted by atomic mass is 10.2. The van der Waals surface area contributed by atoms with Crippen LogP contribution in [0.2, 0.25) is 0 Å². The van der Waals surface area contributed by atoms with Crippen molar-refractivity contribution >= 4 is 17.8 Å². The van der Waals surface area contributed by atoms with E-state index in [2.05, 4.69) is 10.6 Å². The maximum absolute atomic E-state index is 12.2. The third-order valence-electron chi connectivity index (χ3n) is 5.48. The predicted molar refractivity (Wildman–Crippen MR) is 104 cm³/mol. The first-order valence-corrected chi connectivity index (χ1v) is 10.2. The molecule has 0 unspecified atom stereocenters. The van der Waals surface area contributed by atoms with Crippen molar-refractivity contribution in [3.8, 4) is 0 Å². The molecule has 0 aliphatic carbocycles. The SMILES string of the molecule is O=C(C[NH+]1CC[NH+](CC(=O)N2CCCC2)CC1)NC(=O)NCc1ccccc1. The van der Waals surface area contributed by atoms with Crippen molar-refractivity contribution in [3.63, 3.8) is 0 Å². The fraction of sp³-hybridized carbons (Fsp3) is 0.550. The quantitative estimate of drug-likeness (QED) is 0.431. The van der Waals surface area contributed by atoms with Gasteiger partial charge in [0.25, 0.3) is 11.8 Å². The van der Waals surface area contributed by atoms with E-state index in [-0.39, 0.29) is 18.4 Å². The molecule has 8 heteroatoms. The van der Waals surface area contributed by atoms with Crippen LogP contribution in [0.4, 0.5) is 4.79 Å². The lowest BCUT2D eigenvalue weighted by molar-refractivity contribution is -1.00. The van der Waals surface area contributed by atoms with Crippen LogP contribution in [0.25, 0.3) is 0 Å². The second kappa shape index (κ2) is 10.2. The molecule has 2 fully saturated rings. The molecule has 0 atom stereocenters. The van der Waals surface area contributed by atoms with E-state index < -0.39 is 6.03 Å². The van der Waals surface area contributed by atoms with E-state index in [4.69, 9.17) is 0 Å². The van der Waals surface area contributed by atoms with Gasteiger partial charge in [-0.15, -0.1) is 0 Å². The fourth-order valence-electron chi connectivity index (χ4n) is 3.82. The van der Waals surface area contributed by atoms with Crippen molar-refractivity contribution in [1.29, 1.82) is 0 Å². The predicted octanol–water partition coefficient (Wildman–Crippen LogP) is -2.58. The van der Waals surface area contributed by atoms with Gasteiger partial charge in [-0.3, -0.25) is 14.9 Å². The highest BCUT2D eigenvalue weighted by atomic mass is 16.2. The molecule has 1 aromatic rings. The Bertz CT molecular complexity index is 668. The lowest BCUT2D eigenvalue weighted by Gasteiger charge is -2.29. The molecule has 4 N–H and O–H groups in total. The summed E-state index contributed by atoms with van der Waals surface area (Å²) in [5.74, 6) is -0.0130. The van der Waals surface area contributed by atoms with Crippen LogP contribution in [0.15, 0.2) is 30.3 Å². The Hall–Kier alpha value is -2.45. The Morgan fingerprint density at radius 2 is 1.50 bits per heavy atom. The summed E-state index contributed by atoms with van der Waals surface area (Å²) in [5.41, 5.74) is 0.985. The van der Waals surface area contributed by atoms with Gasteiger partial charge in [0.2, 0.25) is 0 Å². The summed E-state index contributed by atoms with van der Waals surface area (Å²) >= 11 is 0. The van der Waals surface area contributed by atoms with Crippen molar-refractivity contribution in [2.24, 2.45) is 0 Å². The van der Waals surface area contributed by atoms with Gasteiger partial charge in [-0.05, 0) is 18.4 Å². The first-order valence-electron chi connectivity index (χ1n) is 10.2. The van der Waals surface area contributed by atoms with Gasteiger partial charge in [-0.2, -0.15) is 0 Å². The Balaban J connectivity index is 1.31. The van der Waals surface area contributed by atoms with Gasteiger partial charge < -0.3 is 20.0 Å². The summed E-state index contributed by atoms with van der Waals surface area (Å²) in [6.07, 6.45) is 2.24. The number of carbonyl (C=O) groups is 3. The van der Waals surface area contributed by atoms with Crippen LogP contribution in [0, 0.1) is 0 Å². The first kappa shape index (κ1) is 20.3. The number of hydrogen-bond donors (Lipinski definition) is 4. The van der Waals surface area contributed by atoms with Crippen LogP contribution in [0.3, 0.4) is 0 Å². The number of rotatable bonds is 6. The van der Waals surface area contributed by atoms with Gasteiger partial charge in [-0.25, -0.2) is 4.79 Å². The molecule has 0 spiro atoms. The van der Waals surface area contributed by atoms with Gasteiger partial charge in [0.15, 0.2) is 13.1 Å². The van der Waals surface area contributed by atoms with Gasteiger partial charge in [0.1, 0.15) is 26.2 Å². The Kier molecular flexibility index (Phi) is 7.39. The van der Waals surface area contributed by atoms with Gasteiger partial charge in [0.05, 0.1) is 0 Å². The normalized spacial score (nSPS) is 21.9. The van der Waals surface area contributed by atoms with E-state index in [9.17, 15) is 14.4 Å². The number of nitrogens with one attached hydrogen (secondary N) is 4. The third-order valence-corrected chi connectivity index (χ3v) is 5.48. The molecule has 2 saturated heterocycles. The Labute approximate surface area is 165 Å². The summed E-state index contributed by atoms with van der Waals surface area (Å²) in [4.78, 5) is 40.6. The zero-order valence-electron chi connectivity index (χ0n) is 16.3. The number of amides is 4. The Morgan fingerprint density at radius 1 is 0.893 bits per heavy atom. The average Bonchev–Trinajstić information content (AvgIpc) is 3.24. The van der Waals surface area contributed by atoms with Crippen LogP contribution >= 0.6 is 0 Å². The van der Waals surface area contributed by atoms with Gasteiger partial charge in [-0.1, -0.05) is 30.3 Å². The summed E-state index contributed by atoms with van der Waals surface area (Å²) in [7, 11) is 0. The molecule has 3 rings (SSSR count). The lowest BCUT2D eigenvalue weighted by Crippen LogP contribution is -3.28. The standard InChI is InChI=1S/C20H29N5O3/c26-18(22-20(28)21-14-17-6-2-1-3-7-17)15-23-10-12-24(13-11-23)16-19(27)25-8-4-5-9-25/h1-3,6-7H,4-5,8-16H2,(H2,21,22,26,28)/p+2. The second-order valence-electron chi connectivity index (χ2n) is 7.66. The monoisotopic (exact) mass is 389 g/mol. The third kappa shape index (κ3) is 6.31. The van der Waals surface area contributed by atoms with E-state index >= 15 is 0 Å². The average molecular weight is 390 g/mol.